The smallest absolute Gasteiger partial charge is 0.254 e. The van der Waals surface area contributed by atoms with E-state index in [4.69, 9.17) is 23.2 Å². The number of sulfonamides is 1. The van der Waals surface area contributed by atoms with Gasteiger partial charge < -0.3 is 10.2 Å². The summed E-state index contributed by atoms with van der Waals surface area (Å²) in [5.41, 5.74) is -0.116. The van der Waals surface area contributed by atoms with Crippen LogP contribution in [0.15, 0.2) is 47.4 Å². The molecule has 0 bridgehead atoms. The van der Waals surface area contributed by atoms with Crippen LogP contribution in [0.2, 0.25) is 10.0 Å². The Morgan fingerprint density at radius 2 is 1.53 bits per heavy atom. The van der Waals surface area contributed by atoms with Gasteiger partial charge in [0.15, 0.2) is 0 Å². The third-order valence-electron chi connectivity index (χ3n) is 3.81. The van der Waals surface area contributed by atoms with Gasteiger partial charge in [-0.1, -0.05) is 29.3 Å². The summed E-state index contributed by atoms with van der Waals surface area (Å²) in [6, 6.07) is 10.3. The van der Waals surface area contributed by atoms with Gasteiger partial charge in [0.25, 0.3) is 5.91 Å². The lowest BCUT2D eigenvalue weighted by molar-refractivity contribution is -0.116. The predicted molar refractivity (Wildman–Crippen MR) is 119 cm³/mol. The third-order valence-corrected chi connectivity index (χ3v) is 6.21. The maximum Gasteiger partial charge on any atom is 0.254 e. The number of anilines is 1. The molecular weight excluding hydrogens is 449 g/mol. The minimum atomic E-state index is -3.71. The molecule has 162 valence electrons. The van der Waals surface area contributed by atoms with Crippen LogP contribution in [0.5, 0.6) is 0 Å². The molecule has 0 aliphatic heterocycles. The second-order valence-electron chi connectivity index (χ2n) is 7.69. The van der Waals surface area contributed by atoms with Gasteiger partial charge in [-0.2, -0.15) is 0 Å². The largest absolute Gasteiger partial charge is 0.332 e. The van der Waals surface area contributed by atoms with Crippen molar-refractivity contribution in [1.29, 1.82) is 0 Å². The van der Waals surface area contributed by atoms with Crippen LogP contribution in [-0.2, 0) is 14.8 Å². The van der Waals surface area contributed by atoms with Crippen molar-refractivity contribution in [2.75, 3.05) is 18.9 Å². The minimum absolute atomic E-state index is 0.0442. The molecule has 2 rings (SSSR count). The quantitative estimate of drug-likeness (QED) is 0.669. The summed E-state index contributed by atoms with van der Waals surface area (Å²) < 4.78 is 27.3. The van der Waals surface area contributed by atoms with Gasteiger partial charge in [0.05, 0.1) is 27.2 Å². The van der Waals surface area contributed by atoms with Crippen LogP contribution < -0.4 is 10.0 Å². The number of hydrogen-bond donors (Lipinski definition) is 2. The monoisotopic (exact) mass is 471 g/mol. The highest BCUT2D eigenvalue weighted by Crippen LogP contribution is 2.29. The minimum Gasteiger partial charge on any atom is -0.332 e. The number of nitrogens with one attached hydrogen (secondary N) is 2. The average Bonchev–Trinajstić information content (AvgIpc) is 2.62. The van der Waals surface area contributed by atoms with Crippen LogP contribution in [0.25, 0.3) is 0 Å². The van der Waals surface area contributed by atoms with Crippen molar-refractivity contribution in [3.63, 3.8) is 0 Å². The second kappa shape index (κ2) is 9.34. The lowest BCUT2D eigenvalue weighted by Crippen LogP contribution is -2.40. The number of nitrogens with zero attached hydrogens (tertiary/aromatic N) is 1. The number of carbonyl (C=O) groups excluding carboxylic acids is 2. The molecule has 0 aliphatic carbocycles. The van der Waals surface area contributed by atoms with E-state index in [1.54, 1.807) is 39.0 Å². The summed E-state index contributed by atoms with van der Waals surface area (Å²) in [4.78, 5) is 26.1. The number of hydrogen-bond acceptors (Lipinski definition) is 4. The fraction of sp³-hybridized carbons (Fsp3) is 0.300. The molecule has 0 fully saturated rings. The van der Waals surface area contributed by atoms with Gasteiger partial charge in [0.1, 0.15) is 0 Å². The number of likely N-dealkylation sites (N-methyl/N-ethyl adjacent to an activating group) is 1. The fourth-order valence-corrected chi connectivity index (χ4v) is 4.45. The average molecular weight is 472 g/mol. The number of rotatable bonds is 6. The van der Waals surface area contributed by atoms with Gasteiger partial charge >= 0.3 is 0 Å². The molecule has 2 aromatic rings. The van der Waals surface area contributed by atoms with E-state index >= 15 is 0 Å². The number of amides is 2. The molecular formula is C20H23Cl2N3O4S. The molecule has 0 saturated carbocycles. The van der Waals surface area contributed by atoms with Crippen LogP contribution in [0.3, 0.4) is 0 Å². The lowest BCUT2D eigenvalue weighted by Gasteiger charge is -2.20. The van der Waals surface area contributed by atoms with Gasteiger partial charge in [-0.3, -0.25) is 9.59 Å². The highest BCUT2D eigenvalue weighted by atomic mass is 35.5. The predicted octanol–water partition coefficient (Wildman–Crippen LogP) is 3.78. The Morgan fingerprint density at radius 1 is 1.00 bits per heavy atom. The molecule has 0 atom stereocenters. The summed E-state index contributed by atoms with van der Waals surface area (Å²) in [6.07, 6.45) is 0. The Morgan fingerprint density at radius 3 is 2.03 bits per heavy atom. The van der Waals surface area contributed by atoms with Crippen LogP contribution in [0.1, 0.15) is 31.1 Å². The van der Waals surface area contributed by atoms with Crippen LogP contribution in [0, 0.1) is 0 Å². The Balaban J connectivity index is 2.06. The molecule has 0 heterocycles. The molecule has 0 aromatic heterocycles. The van der Waals surface area contributed by atoms with E-state index in [-0.39, 0.29) is 32.7 Å². The molecule has 30 heavy (non-hydrogen) atoms. The summed E-state index contributed by atoms with van der Waals surface area (Å²) >= 11 is 12.1. The van der Waals surface area contributed by atoms with E-state index in [1.807, 2.05) is 0 Å². The summed E-state index contributed by atoms with van der Waals surface area (Å²) in [6.45, 7) is 4.96. The number of halogens is 2. The SMILES string of the molecule is CN(CC(=O)Nc1c(Cl)cccc1Cl)C(=O)c1ccc(S(=O)(=O)NC(C)(C)C)cc1. The molecule has 2 N–H and O–H groups in total. The first-order valence-electron chi connectivity index (χ1n) is 8.93. The lowest BCUT2D eigenvalue weighted by atomic mass is 10.1. The molecule has 0 saturated heterocycles. The summed E-state index contributed by atoms with van der Waals surface area (Å²) in [5.74, 6) is -0.919. The van der Waals surface area contributed by atoms with Crippen molar-refractivity contribution in [2.24, 2.45) is 0 Å². The molecule has 2 amide bonds. The molecule has 10 heteroatoms. The highest BCUT2D eigenvalue weighted by molar-refractivity contribution is 7.89. The maximum absolute atomic E-state index is 12.6. The third kappa shape index (κ3) is 6.43. The fourth-order valence-electron chi connectivity index (χ4n) is 2.54. The van der Waals surface area contributed by atoms with Crippen molar-refractivity contribution in [1.82, 2.24) is 9.62 Å². The second-order valence-corrected chi connectivity index (χ2v) is 10.2. The van der Waals surface area contributed by atoms with Crippen molar-refractivity contribution < 1.29 is 18.0 Å². The van der Waals surface area contributed by atoms with Crippen LogP contribution >= 0.6 is 23.2 Å². The van der Waals surface area contributed by atoms with Gasteiger partial charge in [-0.05, 0) is 57.2 Å². The zero-order valence-corrected chi connectivity index (χ0v) is 19.3. The van der Waals surface area contributed by atoms with Crippen molar-refractivity contribution in [3.05, 3.63) is 58.1 Å². The Bertz CT molecular complexity index is 1030. The first-order valence-corrected chi connectivity index (χ1v) is 11.2. The first-order chi connectivity index (χ1) is 13.8. The zero-order chi connectivity index (χ0) is 22.7. The standard InChI is InChI=1S/C20H23Cl2N3O4S/c1-20(2,3)24-30(28,29)14-10-8-13(9-11-14)19(27)25(4)12-17(26)23-18-15(21)6-5-7-16(18)22/h5-11,24H,12H2,1-4H3,(H,23,26). The molecule has 0 aliphatic rings. The van der Waals surface area contributed by atoms with E-state index in [0.29, 0.717) is 0 Å². The summed E-state index contributed by atoms with van der Waals surface area (Å²) in [7, 11) is -2.25. The Labute approximate surface area is 186 Å². The first kappa shape index (κ1) is 24.1. The number of benzene rings is 2. The molecule has 2 aromatic carbocycles. The molecule has 7 nitrogen and oxygen atoms in total. The van der Waals surface area contributed by atoms with Gasteiger partial charge in [-0.25, -0.2) is 13.1 Å². The zero-order valence-electron chi connectivity index (χ0n) is 17.0. The molecule has 0 unspecified atom stereocenters. The Hall–Kier alpha value is -2.13. The van der Waals surface area contributed by atoms with Gasteiger partial charge in [-0.15, -0.1) is 0 Å². The van der Waals surface area contributed by atoms with E-state index in [0.717, 1.165) is 0 Å². The molecule has 0 radical (unpaired) electrons. The van der Waals surface area contributed by atoms with Crippen molar-refractivity contribution in [2.45, 2.75) is 31.2 Å². The van der Waals surface area contributed by atoms with Gasteiger partial charge in [0.2, 0.25) is 15.9 Å². The Kier molecular flexibility index (Phi) is 7.52. The van der Waals surface area contributed by atoms with Gasteiger partial charge in [0, 0.05) is 18.2 Å². The van der Waals surface area contributed by atoms with Crippen molar-refractivity contribution in [3.8, 4) is 0 Å². The highest BCUT2D eigenvalue weighted by Gasteiger charge is 2.23. The number of para-hydroxylation sites is 1. The van der Waals surface area contributed by atoms with Crippen LogP contribution in [0.4, 0.5) is 5.69 Å². The topological polar surface area (TPSA) is 95.6 Å². The van der Waals surface area contributed by atoms with Crippen LogP contribution in [-0.4, -0.2) is 44.3 Å². The maximum atomic E-state index is 12.6. The van der Waals surface area contributed by atoms with E-state index in [2.05, 4.69) is 10.0 Å². The normalized spacial score (nSPS) is 11.8. The molecule has 0 spiro atoms. The van der Waals surface area contributed by atoms with E-state index < -0.39 is 27.4 Å². The van der Waals surface area contributed by atoms with E-state index in [1.165, 1.54) is 36.2 Å². The summed E-state index contributed by atoms with van der Waals surface area (Å²) in [5, 5.41) is 3.15. The van der Waals surface area contributed by atoms with E-state index in [9.17, 15) is 18.0 Å². The number of carbonyl (C=O) groups is 2. The van der Waals surface area contributed by atoms with Crippen molar-refractivity contribution >= 4 is 50.7 Å².